The number of likely N-dealkylation sites (N-methyl/N-ethyl adjacent to an activating group) is 1. The van der Waals surface area contributed by atoms with E-state index in [-0.39, 0.29) is 47.7 Å². The molecule has 1 aliphatic rings. The molecule has 0 bridgehead atoms. The van der Waals surface area contributed by atoms with Crippen molar-refractivity contribution in [1.82, 2.24) is 9.21 Å². The van der Waals surface area contributed by atoms with Crippen LogP contribution in [0.25, 0.3) is 0 Å². The maximum atomic E-state index is 14.2. The van der Waals surface area contributed by atoms with Gasteiger partial charge in [-0.15, -0.1) is 0 Å². The molecule has 47 heavy (non-hydrogen) atoms. The average Bonchev–Trinajstić information content (AvgIpc) is 3.01. The van der Waals surface area contributed by atoms with E-state index in [9.17, 15) is 36.3 Å². The zero-order valence-corrected chi connectivity index (χ0v) is 28.4. The molecule has 1 aliphatic heterocycles. The number of hydrogen-bond donors (Lipinski definition) is 2. The second-order valence-corrected chi connectivity index (χ2v) is 14.3. The van der Waals surface area contributed by atoms with Crippen LogP contribution in [0.15, 0.2) is 47.4 Å². The van der Waals surface area contributed by atoms with Gasteiger partial charge in [0.05, 0.1) is 41.7 Å². The van der Waals surface area contributed by atoms with Gasteiger partial charge < -0.3 is 24.8 Å². The molecule has 1 heterocycles. The summed E-state index contributed by atoms with van der Waals surface area (Å²) in [4.78, 5) is 28.0. The van der Waals surface area contributed by atoms with Crippen LogP contribution in [0.4, 0.5) is 18.9 Å². The summed E-state index contributed by atoms with van der Waals surface area (Å²) in [6.45, 7) is 7.26. The normalized spacial score (nSPS) is 21.0. The lowest BCUT2D eigenvalue weighted by atomic mass is 10.0. The van der Waals surface area contributed by atoms with Crippen LogP contribution in [0.1, 0.15) is 68.8 Å². The highest BCUT2D eigenvalue weighted by Crippen LogP contribution is 2.29. The van der Waals surface area contributed by atoms with Crippen molar-refractivity contribution in [1.29, 1.82) is 0 Å². The topological polar surface area (TPSA) is 125 Å². The number of fused-ring (bicyclic) bond motifs is 1. The molecule has 2 aromatic carbocycles. The van der Waals surface area contributed by atoms with Gasteiger partial charge in [0.1, 0.15) is 5.75 Å². The zero-order chi connectivity index (χ0) is 34.9. The Bertz CT molecular complexity index is 1450. The molecule has 0 saturated heterocycles. The van der Waals surface area contributed by atoms with Crippen molar-refractivity contribution in [2.24, 2.45) is 5.92 Å². The summed E-state index contributed by atoms with van der Waals surface area (Å²) in [6.07, 6.45) is -5.46. The fraction of sp³-hybridized carbons (Fsp3) is 0.576. The number of ether oxygens (including phenoxy) is 2. The minimum absolute atomic E-state index is 0.0110. The third kappa shape index (κ3) is 11.2. The predicted octanol–water partition coefficient (Wildman–Crippen LogP) is 5.39. The summed E-state index contributed by atoms with van der Waals surface area (Å²) in [5.74, 6) is -1.57. The Morgan fingerprint density at radius 1 is 1.15 bits per heavy atom. The number of sulfonamides is 1. The van der Waals surface area contributed by atoms with Gasteiger partial charge in [-0.25, -0.2) is 8.42 Å². The van der Waals surface area contributed by atoms with Crippen molar-refractivity contribution >= 4 is 27.5 Å². The molecule has 262 valence electrons. The number of nitrogens with one attached hydrogen (secondary N) is 1. The van der Waals surface area contributed by atoms with Gasteiger partial charge >= 0.3 is 6.18 Å². The molecule has 3 rings (SSSR count). The molecule has 10 nitrogen and oxygen atoms in total. The monoisotopic (exact) mass is 685 g/mol. The van der Waals surface area contributed by atoms with Crippen molar-refractivity contribution in [3.8, 4) is 5.75 Å². The predicted molar refractivity (Wildman–Crippen MR) is 172 cm³/mol. The second-order valence-electron chi connectivity index (χ2n) is 12.3. The Morgan fingerprint density at radius 2 is 1.83 bits per heavy atom. The Labute approximate surface area is 275 Å². The number of aliphatic hydroxyl groups excluding tert-OH is 1. The lowest BCUT2D eigenvalue weighted by Crippen LogP contribution is -2.48. The highest BCUT2D eigenvalue weighted by molar-refractivity contribution is 7.89. The summed E-state index contributed by atoms with van der Waals surface area (Å²) in [5, 5.41) is 12.6. The van der Waals surface area contributed by atoms with Crippen LogP contribution < -0.4 is 10.1 Å². The van der Waals surface area contributed by atoms with Crippen LogP contribution in [0.3, 0.4) is 0 Å². The molecular formula is C33H46F3N3O7S. The van der Waals surface area contributed by atoms with Crippen LogP contribution in [-0.4, -0.2) is 92.3 Å². The maximum Gasteiger partial charge on any atom is 0.389 e. The van der Waals surface area contributed by atoms with E-state index in [1.54, 1.807) is 31.2 Å². The Balaban J connectivity index is 1.94. The van der Waals surface area contributed by atoms with E-state index in [0.717, 1.165) is 12.0 Å². The van der Waals surface area contributed by atoms with Crippen LogP contribution >= 0.6 is 0 Å². The molecule has 2 aromatic rings. The number of benzene rings is 2. The summed E-state index contributed by atoms with van der Waals surface area (Å²) in [7, 11) is -2.36. The summed E-state index contributed by atoms with van der Waals surface area (Å²) in [6, 6.07) is 10.2. The Kier molecular flexibility index (Phi) is 13.6. The van der Waals surface area contributed by atoms with Crippen molar-refractivity contribution < 1.29 is 45.8 Å². The highest BCUT2D eigenvalue weighted by Gasteiger charge is 2.33. The van der Waals surface area contributed by atoms with Gasteiger partial charge in [-0.1, -0.05) is 24.6 Å². The van der Waals surface area contributed by atoms with E-state index < -0.39 is 58.9 Å². The molecule has 14 heteroatoms. The Hall–Kier alpha value is -3.20. The molecule has 0 fully saturated rings. The number of nitrogens with zero attached hydrogens (tertiary/aromatic N) is 2. The number of anilines is 1. The third-order valence-electron chi connectivity index (χ3n) is 8.14. The number of halogens is 3. The first kappa shape index (κ1) is 38.2. The van der Waals surface area contributed by atoms with E-state index >= 15 is 0 Å². The van der Waals surface area contributed by atoms with Crippen LogP contribution in [0.2, 0.25) is 0 Å². The number of aliphatic hydroxyl groups is 1. The van der Waals surface area contributed by atoms with Crippen LogP contribution in [-0.2, 0) is 19.6 Å². The number of alkyl halides is 3. The largest absolute Gasteiger partial charge is 0.490 e. The van der Waals surface area contributed by atoms with E-state index in [2.05, 4.69) is 5.32 Å². The van der Waals surface area contributed by atoms with Gasteiger partial charge in [-0.3, -0.25) is 9.59 Å². The van der Waals surface area contributed by atoms with Gasteiger partial charge in [0.15, 0.2) is 0 Å². The molecule has 0 saturated carbocycles. The third-order valence-corrected chi connectivity index (χ3v) is 9.97. The number of carbonyl (C=O) groups is 2. The van der Waals surface area contributed by atoms with Gasteiger partial charge in [-0.05, 0) is 70.4 Å². The molecular weight excluding hydrogens is 639 g/mol. The lowest BCUT2D eigenvalue weighted by molar-refractivity contribution is -0.142. The van der Waals surface area contributed by atoms with Gasteiger partial charge in [0.2, 0.25) is 15.9 Å². The van der Waals surface area contributed by atoms with Crippen molar-refractivity contribution in [3.63, 3.8) is 0 Å². The standard InChI is InChI=1S/C33H46F3N3O7S/c1-22-9-12-27(13-10-22)47(43,44)38(5)20-30-23(2)19-39(24(3)21-40)32(42)28-18-26(37-31(41)15-16-33(34,35)36)11-14-29(28)46-25(4)8-6-7-17-45-30/h9-14,18,23-25,30,40H,6-8,15-17,19-21H2,1-5H3,(H,37,41)/t23-,24-,25+,30-/m1/s1. The molecule has 0 radical (unpaired) electrons. The van der Waals surface area contributed by atoms with Gasteiger partial charge in [0, 0.05) is 44.8 Å². The van der Waals surface area contributed by atoms with Crippen molar-refractivity contribution in [2.45, 2.75) is 89.1 Å². The zero-order valence-electron chi connectivity index (χ0n) is 27.5. The van der Waals surface area contributed by atoms with E-state index in [0.29, 0.717) is 19.4 Å². The van der Waals surface area contributed by atoms with Gasteiger partial charge in [0.25, 0.3) is 5.91 Å². The highest BCUT2D eigenvalue weighted by atomic mass is 32.2. The minimum Gasteiger partial charge on any atom is -0.490 e. The van der Waals surface area contributed by atoms with Crippen LogP contribution in [0, 0.1) is 12.8 Å². The molecule has 0 spiro atoms. The molecule has 0 aromatic heterocycles. The molecule has 0 aliphatic carbocycles. The smallest absolute Gasteiger partial charge is 0.389 e. The van der Waals surface area contributed by atoms with Crippen molar-refractivity contribution in [2.75, 3.05) is 38.7 Å². The number of aryl methyl sites for hydroxylation is 1. The summed E-state index contributed by atoms with van der Waals surface area (Å²) < 4.78 is 78.4. The first-order valence-electron chi connectivity index (χ1n) is 15.8. The molecule has 2 N–H and O–H groups in total. The Morgan fingerprint density at radius 3 is 2.47 bits per heavy atom. The average molecular weight is 686 g/mol. The second kappa shape index (κ2) is 16.8. The van der Waals surface area contributed by atoms with E-state index in [4.69, 9.17) is 9.47 Å². The van der Waals surface area contributed by atoms with Crippen molar-refractivity contribution in [3.05, 3.63) is 53.6 Å². The molecule has 4 atom stereocenters. The quantitative estimate of drug-likeness (QED) is 0.363. The lowest BCUT2D eigenvalue weighted by Gasteiger charge is -2.35. The molecule has 0 unspecified atom stereocenters. The number of carbonyl (C=O) groups excluding carboxylic acids is 2. The van der Waals surface area contributed by atoms with E-state index in [1.165, 1.54) is 34.5 Å². The van der Waals surface area contributed by atoms with Gasteiger partial charge in [-0.2, -0.15) is 17.5 Å². The summed E-state index contributed by atoms with van der Waals surface area (Å²) in [5.41, 5.74) is 1.11. The first-order chi connectivity index (χ1) is 22.0. The SMILES string of the molecule is Cc1ccc(S(=O)(=O)N(C)C[C@H]2OCCCC[C@H](C)Oc3ccc(NC(=O)CCC(F)(F)F)cc3C(=O)N([C@H](C)CO)C[C@H]2C)cc1. The van der Waals surface area contributed by atoms with Crippen LogP contribution in [0.5, 0.6) is 5.75 Å². The number of rotatable bonds is 9. The number of hydrogen-bond acceptors (Lipinski definition) is 7. The fourth-order valence-electron chi connectivity index (χ4n) is 5.18. The minimum atomic E-state index is -4.49. The van der Waals surface area contributed by atoms with E-state index in [1.807, 2.05) is 20.8 Å². The maximum absolute atomic E-state index is 14.2. The number of amides is 2. The first-order valence-corrected chi connectivity index (χ1v) is 17.2. The summed E-state index contributed by atoms with van der Waals surface area (Å²) >= 11 is 0. The fourth-order valence-corrected chi connectivity index (χ4v) is 6.37. The molecule has 2 amide bonds.